The zero-order valence-electron chi connectivity index (χ0n) is 16.1. The number of thiophene rings is 1. The van der Waals surface area contributed by atoms with Crippen molar-refractivity contribution in [3.05, 3.63) is 93.8 Å². The molecule has 1 aromatic heterocycles. The Bertz CT molecular complexity index is 983. The number of thioether (sulfide) groups is 1. The van der Waals surface area contributed by atoms with Crippen LogP contribution in [0.3, 0.4) is 0 Å². The van der Waals surface area contributed by atoms with Gasteiger partial charge in [-0.05, 0) is 48.7 Å². The third-order valence-corrected chi connectivity index (χ3v) is 5.84. The van der Waals surface area contributed by atoms with Crippen LogP contribution in [-0.4, -0.2) is 24.1 Å². The lowest BCUT2D eigenvalue weighted by Crippen LogP contribution is -2.35. The summed E-state index contributed by atoms with van der Waals surface area (Å²) in [6.45, 7) is 2.43. The van der Waals surface area contributed by atoms with Gasteiger partial charge in [-0.2, -0.15) is 0 Å². The normalized spacial score (nSPS) is 11.1. The summed E-state index contributed by atoms with van der Waals surface area (Å²) in [4.78, 5) is 27.4. The number of carbonyl (C=O) groups excluding carboxylic acids is 2. The van der Waals surface area contributed by atoms with Gasteiger partial charge in [-0.25, -0.2) is 0 Å². The van der Waals surface area contributed by atoms with Crippen LogP contribution in [0.1, 0.15) is 20.8 Å². The van der Waals surface area contributed by atoms with E-state index in [1.54, 1.807) is 30.0 Å². The summed E-state index contributed by atoms with van der Waals surface area (Å²) in [6, 6.07) is 21.1. The first-order valence-corrected chi connectivity index (χ1v) is 11.1. The molecule has 2 amide bonds. The summed E-state index contributed by atoms with van der Waals surface area (Å²) in [6.07, 6.45) is 1.71. The van der Waals surface area contributed by atoms with Crippen LogP contribution in [0.5, 0.6) is 0 Å². The highest BCUT2D eigenvalue weighted by molar-refractivity contribution is 7.99. The zero-order chi connectivity index (χ0) is 20.5. The van der Waals surface area contributed by atoms with Crippen LogP contribution < -0.4 is 10.6 Å². The molecule has 0 bridgehead atoms. The molecule has 0 aliphatic heterocycles. The van der Waals surface area contributed by atoms with Gasteiger partial charge in [0.1, 0.15) is 5.70 Å². The number of rotatable bonds is 8. The Morgan fingerprint density at radius 2 is 1.86 bits per heavy atom. The molecule has 2 aromatic carbocycles. The van der Waals surface area contributed by atoms with E-state index in [-0.39, 0.29) is 17.5 Å². The number of nitrogens with one attached hydrogen (secondary N) is 2. The number of benzene rings is 2. The van der Waals surface area contributed by atoms with Gasteiger partial charge in [-0.1, -0.05) is 42.0 Å². The molecular formula is C23H22N2O2S2. The highest BCUT2D eigenvalue weighted by Gasteiger charge is 2.15. The third-order valence-electron chi connectivity index (χ3n) is 4.00. The predicted octanol–water partition coefficient (Wildman–Crippen LogP) is 4.74. The van der Waals surface area contributed by atoms with Gasteiger partial charge in [0.25, 0.3) is 11.8 Å². The van der Waals surface area contributed by atoms with Crippen molar-refractivity contribution in [2.45, 2.75) is 11.8 Å². The number of aryl methyl sites for hydroxylation is 1. The van der Waals surface area contributed by atoms with Crippen molar-refractivity contribution in [1.82, 2.24) is 10.6 Å². The van der Waals surface area contributed by atoms with Crippen LogP contribution in [0.25, 0.3) is 6.08 Å². The molecule has 2 N–H and O–H groups in total. The van der Waals surface area contributed by atoms with Crippen molar-refractivity contribution >= 4 is 41.0 Å². The maximum atomic E-state index is 12.7. The first-order valence-electron chi connectivity index (χ1n) is 9.21. The molecule has 0 fully saturated rings. The Balaban J connectivity index is 1.63. The van der Waals surface area contributed by atoms with Gasteiger partial charge in [0, 0.05) is 27.6 Å². The van der Waals surface area contributed by atoms with Gasteiger partial charge in [0.2, 0.25) is 0 Å². The van der Waals surface area contributed by atoms with Crippen LogP contribution >= 0.6 is 23.1 Å². The van der Waals surface area contributed by atoms with Gasteiger partial charge in [0.05, 0.1) is 0 Å². The zero-order valence-corrected chi connectivity index (χ0v) is 17.7. The lowest BCUT2D eigenvalue weighted by atomic mass is 10.1. The minimum atomic E-state index is -0.301. The topological polar surface area (TPSA) is 58.2 Å². The van der Waals surface area contributed by atoms with Gasteiger partial charge in [-0.15, -0.1) is 23.1 Å². The molecule has 29 heavy (non-hydrogen) atoms. The summed E-state index contributed by atoms with van der Waals surface area (Å²) in [5.41, 5.74) is 1.75. The first-order chi connectivity index (χ1) is 14.1. The van der Waals surface area contributed by atoms with Crippen LogP contribution in [0.2, 0.25) is 0 Å². The molecule has 1 heterocycles. The molecule has 0 aliphatic carbocycles. The van der Waals surface area contributed by atoms with E-state index in [0.29, 0.717) is 12.1 Å². The monoisotopic (exact) mass is 422 g/mol. The quantitative estimate of drug-likeness (QED) is 0.313. The van der Waals surface area contributed by atoms with E-state index in [1.165, 1.54) is 11.3 Å². The van der Waals surface area contributed by atoms with Gasteiger partial charge in [0.15, 0.2) is 0 Å². The Kier molecular flexibility index (Phi) is 7.67. The number of hydrogen-bond acceptors (Lipinski definition) is 4. The van der Waals surface area contributed by atoms with E-state index in [2.05, 4.69) is 10.6 Å². The molecular weight excluding hydrogens is 400 g/mol. The highest BCUT2D eigenvalue weighted by Crippen LogP contribution is 2.16. The molecule has 4 nitrogen and oxygen atoms in total. The van der Waals surface area contributed by atoms with E-state index in [4.69, 9.17) is 0 Å². The summed E-state index contributed by atoms with van der Waals surface area (Å²) >= 11 is 3.18. The highest BCUT2D eigenvalue weighted by atomic mass is 32.2. The molecule has 3 aromatic rings. The van der Waals surface area contributed by atoms with Gasteiger partial charge < -0.3 is 10.6 Å². The van der Waals surface area contributed by atoms with E-state index in [9.17, 15) is 9.59 Å². The number of hydrogen-bond donors (Lipinski definition) is 2. The van der Waals surface area contributed by atoms with Crippen LogP contribution in [0.15, 0.2) is 82.7 Å². The molecule has 0 aliphatic rings. The van der Waals surface area contributed by atoms with Crippen molar-refractivity contribution in [2.75, 3.05) is 12.3 Å². The van der Waals surface area contributed by atoms with Crippen LogP contribution in [-0.2, 0) is 4.79 Å². The lowest BCUT2D eigenvalue weighted by molar-refractivity contribution is -0.117. The summed E-state index contributed by atoms with van der Waals surface area (Å²) in [5.74, 6) is 0.145. The van der Waals surface area contributed by atoms with E-state index < -0.39 is 0 Å². The fourth-order valence-corrected chi connectivity index (χ4v) is 4.05. The summed E-state index contributed by atoms with van der Waals surface area (Å²) in [7, 11) is 0. The fraction of sp³-hybridized carbons (Fsp3) is 0.130. The van der Waals surface area contributed by atoms with Crippen LogP contribution in [0.4, 0.5) is 0 Å². The third kappa shape index (κ3) is 6.62. The minimum absolute atomic E-state index is 0.240. The summed E-state index contributed by atoms with van der Waals surface area (Å²) in [5, 5.41) is 7.59. The Morgan fingerprint density at radius 3 is 2.59 bits per heavy atom. The van der Waals surface area contributed by atoms with E-state index in [1.807, 2.05) is 66.9 Å². The Hall–Kier alpha value is -2.83. The molecule has 6 heteroatoms. The SMILES string of the molecule is Cc1cccc(C(=O)N/C(=C\c2cccs2)C(=O)NCCSc2ccccc2)c1. The predicted molar refractivity (Wildman–Crippen MR) is 121 cm³/mol. The second-order valence-electron chi connectivity index (χ2n) is 6.31. The number of amides is 2. The smallest absolute Gasteiger partial charge is 0.267 e. The molecule has 3 rings (SSSR count). The lowest BCUT2D eigenvalue weighted by Gasteiger charge is -2.11. The second-order valence-corrected chi connectivity index (χ2v) is 8.46. The Morgan fingerprint density at radius 1 is 1.03 bits per heavy atom. The van der Waals surface area contributed by atoms with Crippen molar-refractivity contribution in [3.8, 4) is 0 Å². The molecule has 0 spiro atoms. The summed E-state index contributed by atoms with van der Waals surface area (Å²) < 4.78 is 0. The molecule has 0 saturated heterocycles. The Labute approximate surface area is 179 Å². The molecule has 0 saturated carbocycles. The average Bonchev–Trinajstić information content (AvgIpc) is 3.24. The van der Waals surface area contributed by atoms with Crippen molar-refractivity contribution in [3.63, 3.8) is 0 Å². The first kappa shape index (κ1) is 20.9. The van der Waals surface area contributed by atoms with Crippen molar-refractivity contribution in [1.29, 1.82) is 0 Å². The average molecular weight is 423 g/mol. The largest absolute Gasteiger partial charge is 0.350 e. The van der Waals surface area contributed by atoms with Crippen molar-refractivity contribution < 1.29 is 9.59 Å². The van der Waals surface area contributed by atoms with Crippen LogP contribution in [0, 0.1) is 6.92 Å². The van der Waals surface area contributed by atoms with Gasteiger partial charge in [-0.3, -0.25) is 9.59 Å². The molecule has 0 radical (unpaired) electrons. The molecule has 0 unspecified atom stereocenters. The number of carbonyl (C=O) groups is 2. The standard InChI is InChI=1S/C23H22N2O2S2/c1-17-7-5-8-18(15-17)22(26)25-21(16-20-11-6-13-28-20)23(27)24-12-14-29-19-9-3-2-4-10-19/h2-11,13,15-16H,12,14H2,1H3,(H,24,27)(H,25,26)/b21-16-. The molecule has 148 valence electrons. The van der Waals surface area contributed by atoms with E-state index >= 15 is 0 Å². The van der Waals surface area contributed by atoms with E-state index in [0.717, 1.165) is 21.1 Å². The maximum absolute atomic E-state index is 12.7. The minimum Gasteiger partial charge on any atom is -0.350 e. The van der Waals surface area contributed by atoms with Gasteiger partial charge >= 0.3 is 0 Å². The fourth-order valence-electron chi connectivity index (χ4n) is 2.60. The second kappa shape index (κ2) is 10.6. The molecule has 0 atom stereocenters. The van der Waals surface area contributed by atoms with Crippen molar-refractivity contribution in [2.24, 2.45) is 0 Å². The maximum Gasteiger partial charge on any atom is 0.267 e.